The van der Waals surface area contributed by atoms with Crippen LogP contribution in [0, 0.1) is 11.8 Å². The number of rotatable bonds is 6. The third kappa shape index (κ3) is 5.97. The van der Waals surface area contributed by atoms with Crippen LogP contribution in [0.1, 0.15) is 44.8 Å². The molecule has 2 saturated heterocycles. The molecule has 4 aliphatic heterocycles. The Morgan fingerprint density at radius 2 is 1.73 bits per heavy atom. The van der Waals surface area contributed by atoms with Gasteiger partial charge in [0.1, 0.15) is 35.5 Å². The Bertz CT molecular complexity index is 1640. The van der Waals surface area contributed by atoms with Crippen LogP contribution in [0.2, 0.25) is 0 Å². The number of anilines is 1. The molecule has 5 bridgehead atoms. The molecule has 8 atom stereocenters. The van der Waals surface area contributed by atoms with E-state index in [4.69, 9.17) is 14.2 Å². The van der Waals surface area contributed by atoms with E-state index in [0.717, 1.165) is 0 Å². The predicted octanol–water partition coefficient (Wildman–Crippen LogP) is 4.15. The first-order valence-corrected chi connectivity index (χ1v) is 17.5. The van der Waals surface area contributed by atoms with Gasteiger partial charge in [-0.15, -0.1) is 0 Å². The maximum absolute atomic E-state index is 15.0. The molecule has 11 nitrogen and oxygen atoms in total. The lowest BCUT2D eigenvalue weighted by atomic mass is 9.74. The Kier molecular flexibility index (Phi) is 10.0. The summed E-state index contributed by atoms with van der Waals surface area (Å²) in [5, 5.41) is 10.5. The summed E-state index contributed by atoms with van der Waals surface area (Å²) in [6, 6.07) is 13.8. The first-order valence-electron chi connectivity index (χ1n) is 16.7. The molecule has 0 aromatic heterocycles. The molecule has 12 heteroatoms. The molecule has 2 aromatic carbocycles. The van der Waals surface area contributed by atoms with Crippen LogP contribution >= 0.6 is 15.9 Å². The van der Waals surface area contributed by atoms with Gasteiger partial charge in [-0.3, -0.25) is 19.2 Å². The van der Waals surface area contributed by atoms with Crippen molar-refractivity contribution in [1.82, 2.24) is 9.80 Å². The van der Waals surface area contributed by atoms with Gasteiger partial charge >= 0.3 is 5.97 Å². The summed E-state index contributed by atoms with van der Waals surface area (Å²) in [6.45, 7) is 3.42. The largest absolute Gasteiger partial charge is 0.497 e. The molecule has 260 valence electrons. The highest BCUT2D eigenvalue weighted by Gasteiger charge is 2.75. The number of cyclic esters (lactones) is 1. The molecule has 1 spiro atoms. The number of allylic oxidation sites excluding steroid dienone is 1. The molecule has 0 unspecified atom stereocenters. The molecule has 0 saturated carbocycles. The molecule has 0 radical (unpaired) electrons. The van der Waals surface area contributed by atoms with Crippen molar-refractivity contribution in [2.24, 2.45) is 11.8 Å². The van der Waals surface area contributed by atoms with E-state index in [0.29, 0.717) is 34.3 Å². The average molecular weight is 737 g/mol. The number of likely N-dealkylation sites (N-methyl/N-ethyl adjacent to an activating group) is 1. The Labute approximate surface area is 294 Å². The van der Waals surface area contributed by atoms with E-state index in [1.807, 2.05) is 56.3 Å². The second-order valence-corrected chi connectivity index (χ2v) is 13.9. The first kappa shape index (κ1) is 34.8. The van der Waals surface area contributed by atoms with Gasteiger partial charge in [-0.05, 0) is 55.7 Å². The van der Waals surface area contributed by atoms with Crippen LogP contribution in [0.4, 0.5) is 5.69 Å². The van der Waals surface area contributed by atoms with Crippen molar-refractivity contribution in [3.8, 4) is 5.75 Å². The SMILES string of the molecule is CC[C@@H](CO)N1C(=O)[C@H]2[C@@H]3C(=O)O[C@H](c4ccccc4)[C@@H](C)N(C)C(=O)CC/C=C\CN(c4ccc(OC)cc4)C(=O)[C@H]1[C@@]21C=C(Br)[C@@H]3O1. The summed E-state index contributed by atoms with van der Waals surface area (Å²) in [5.74, 6) is -3.25. The van der Waals surface area contributed by atoms with Crippen LogP contribution in [0.5, 0.6) is 5.75 Å². The fourth-order valence-electron chi connectivity index (χ4n) is 7.65. The summed E-state index contributed by atoms with van der Waals surface area (Å²) in [6.07, 6.45) is 4.72. The zero-order chi connectivity index (χ0) is 35.0. The van der Waals surface area contributed by atoms with Crippen LogP contribution in [0.15, 0.2) is 77.3 Å². The van der Waals surface area contributed by atoms with Gasteiger partial charge in [0.2, 0.25) is 11.8 Å². The van der Waals surface area contributed by atoms with Crippen molar-refractivity contribution in [2.75, 3.05) is 32.2 Å². The Morgan fingerprint density at radius 3 is 2.39 bits per heavy atom. The van der Waals surface area contributed by atoms with Gasteiger partial charge in [-0.1, -0.05) is 65.3 Å². The number of esters is 1. The van der Waals surface area contributed by atoms with E-state index in [9.17, 15) is 19.5 Å². The monoisotopic (exact) mass is 735 g/mol. The topological polar surface area (TPSA) is 126 Å². The predicted molar refractivity (Wildman–Crippen MR) is 185 cm³/mol. The van der Waals surface area contributed by atoms with Gasteiger partial charge in [0.15, 0.2) is 0 Å². The number of methoxy groups -OCH3 is 1. The minimum atomic E-state index is -1.51. The molecular weight excluding hydrogens is 694 g/mol. The number of hydrogen-bond acceptors (Lipinski definition) is 8. The molecule has 6 rings (SSSR count). The Hall–Kier alpha value is -4.00. The third-order valence-corrected chi connectivity index (χ3v) is 11.1. The highest BCUT2D eigenvalue weighted by atomic mass is 79.9. The lowest BCUT2D eigenvalue weighted by Crippen LogP contribution is -2.58. The molecule has 0 aliphatic carbocycles. The molecule has 2 fully saturated rings. The second kappa shape index (κ2) is 14.1. The molecule has 3 amide bonds. The summed E-state index contributed by atoms with van der Waals surface area (Å²) in [7, 11) is 3.25. The average Bonchev–Trinajstić information content (AvgIpc) is 3.71. The summed E-state index contributed by atoms with van der Waals surface area (Å²) in [5.41, 5.74) is -0.255. The van der Waals surface area contributed by atoms with Crippen LogP contribution in [0.25, 0.3) is 0 Å². The minimum Gasteiger partial charge on any atom is -0.497 e. The number of nitrogens with zero attached hydrogens (tertiary/aromatic N) is 3. The molecule has 49 heavy (non-hydrogen) atoms. The smallest absolute Gasteiger partial charge is 0.313 e. The Balaban J connectivity index is 1.50. The molecule has 4 aliphatic rings. The summed E-state index contributed by atoms with van der Waals surface area (Å²) in [4.78, 5) is 62.1. The van der Waals surface area contributed by atoms with Crippen molar-refractivity contribution in [3.05, 3.63) is 82.9 Å². The van der Waals surface area contributed by atoms with E-state index >= 15 is 4.79 Å². The maximum Gasteiger partial charge on any atom is 0.313 e. The molecular formula is C37H42BrN3O8. The number of amides is 3. The quantitative estimate of drug-likeness (QED) is 0.347. The minimum absolute atomic E-state index is 0.131. The number of benzene rings is 2. The van der Waals surface area contributed by atoms with Gasteiger partial charge in [0.25, 0.3) is 5.91 Å². The number of carbonyl (C=O) groups excluding carboxylic acids is 4. The number of halogens is 1. The van der Waals surface area contributed by atoms with Gasteiger partial charge in [-0.25, -0.2) is 0 Å². The van der Waals surface area contributed by atoms with Crippen molar-refractivity contribution >= 4 is 45.3 Å². The zero-order valence-electron chi connectivity index (χ0n) is 28.0. The van der Waals surface area contributed by atoms with Crippen molar-refractivity contribution < 1.29 is 38.5 Å². The highest BCUT2D eigenvalue weighted by molar-refractivity contribution is 9.11. The molecule has 4 heterocycles. The number of ether oxygens (including phenoxy) is 3. The highest BCUT2D eigenvalue weighted by Crippen LogP contribution is 2.59. The Morgan fingerprint density at radius 1 is 1.02 bits per heavy atom. The van der Waals surface area contributed by atoms with Gasteiger partial charge in [-0.2, -0.15) is 0 Å². The fourth-order valence-corrected chi connectivity index (χ4v) is 8.38. The lowest BCUT2D eigenvalue weighted by Gasteiger charge is -2.38. The van der Waals surface area contributed by atoms with Crippen LogP contribution in [-0.2, 0) is 28.7 Å². The number of fused-ring (bicyclic) bond motifs is 2. The van der Waals surface area contributed by atoms with Gasteiger partial charge in [0.05, 0.1) is 31.7 Å². The third-order valence-electron chi connectivity index (χ3n) is 10.4. The number of carbonyl (C=O) groups is 4. The number of likely N-dealkylation sites (tertiary alicyclic amines) is 1. The number of aliphatic hydroxyl groups excluding tert-OH is 1. The summed E-state index contributed by atoms with van der Waals surface area (Å²) < 4.78 is 18.8. The van der Waals surface area contributed by atoms with E-state index in [1.54, 1.807) is 54.3 Å². The van der Waals surface area contributed by atoms with E-state index in [-0.39, 0.29) is 25.5 Å². The van der Waals surface area contributed by atoms with Gasteiger partial charge in [0, 0.05) is 30.2 Å². The van der Waals surface area contributed by atoms with Crippen LogP contribution in [0.3, 0.4) is 0 Å². The second-order valence-electron chi connectivity index (χ2n) is 13.0. The fraction of sp³-hybridized carbons (Fsp3) is 0.459. The van der Waals surface area contributed by atoms with E-state index in [2.05, 4.69) is 15.9 Å². The summed E-state index contributed by atoms with van der Waals surface area (Å²) >= 11 is 3.60. The van der Waals surface area contributed by atoms with Crippen molar-refractivity contribution in [1.29, 1.82) is 0 Å². The van der Waals surface area contributed by atoms with E-state index in [1.165, 1.54) is 4.90 Å². The van der Waals surface area contributed by atoms with Crippen LogP contribution < -0.4 is 9.64 Å². The van der Waals surface area contributed by atoms with Crippen molar-refractivity contribution in [3.63, 3.8) is 0 Å². The normalized spacial score (nSPS) is 31.8. The number of hydrogen-bond donors (Lipinski definition) is 1. The van der Waals surface area contributed by atoms with E-state index < -0.39 is 65.6 Å². The zero-order valence-corrected chi connectivity index (χ0v) is 29.6. The van der Waals surface area contributed by atoms with Crippen molar-refractivity contribution in [2.45, 2.75) is 69.0 Å². The van der Waals surface area contributed by atoms with Crippen LogP contribution in [-0.4, -0.2) is 95.7 Å². The molecule has 1 N–H and O–H groups in total. The van der Waals surface area contributed by atoms with Gasteiger partial charge < -0.3 is 34.0 Å². The molecule has 2 aromatic rings. The maximum atomic E-state index is 15.0. The lowest BCUT2D eigenvalue weighted by molar-refractivity contribution is -0.164. The number of aliphatic hydroxyl groups is 1. The first-order chi connectivity index (χ1) is 23.6. The standard InChI is InChI=1S/C37H42BrN3O8/c1-5-24(21-42)41-33-35(45)40(25-15-17-26(47-4)18-16-25)19-11-7-10-14-28(43)39(3)22(2)31(23-12-8-6-9-13-23)48-36(46)29-30(34(41)44)37(33)20-27(38)32(29)49-37/h6-9,11-13,15-18,20,22,24,29-33,42H,5,10,14,19,21H2,1-4H3/b11-7-/t22-,24+,29+,30-,31+,32+,33+,37-/m1/s1.